The Labute approximate surface area is 251 Å². The Kier molecular flexibility index (Phi) is 13.4. The number of epoxide rings is 2. The van der Waals surface area contributed by atoms with Crippen LogP contribution < -0.4 is 0 Å². The lowest BCUT2D eigenvalue weighted by molar-refractivity contribution is 0.231. The van der Waals surface area contributed by atoms with Crippen molar-refractivity contribution < 1.29 is 30.7 Å². The normalized spacial score (nSPS) is 35.0. The minimum atomic E-state index is -2.46. The SMILES string of the molecule is C.C.C.CO[Si](C)(CCC1CCC2OC2C1)O[Si](C)(C)O[Si]1(O[Si](C)(CCC2CCC3OC3C2)OC)CCCC1. The molecule has 3 aliphatic heterocycles. The second-order valence-corrected chi connectivity index (χ2v) is 27.8. The maximum absolute atomic E-state index is 7.14. The zero-order chi connectivity index (χ0) is 26.3. The first kappa shape index (κ1) is 36.8. The predicted molar refractivity (Wildman–Crippen MR) is 174 cm³/mol. The van der Waals surface area contributed by atoms with Crippen molar-refractivity contribution in [2.24, 2.45) is 11.8 Å². The Morgan fingerprint density at radius 3 is 1.57 bits per heavy atom. The van der Waals surface area contributed by atoms with Gasteiger partial charge in [-0.3, -0.25) is 0 Å². The van der Waals surface area contributed by atoms with Crippen molar-refractivity contribution in [1.82, 2.24) is 0 Å². The molecule has 0 radical (unpaired) electrons. The van der Waals surface area contributed by atoms with E-state index in [1.807, 2.05) is 14.2 Å². The van der Waals surface area contributed by atoms with Crippen LogP contribution in [0.3, 0.4) is 0 Å². The van der Waals surface area contributed by atoms with Crippen molar-refractivity contribution in [2.45, 2.75) is 161 Å². The molecule has 0 aromatic heterocycles. The molecule has 0 spiro atoms. The molecule has 238 valence electrons. The van der Waals surface area contributed by atoms with Crippen molar-refractivity contribution in [1.29, 1.82) is 0 Å². The summed E-state index contributed by atoms with van der Waals surface area (Å²) in [5, 5.41) is 0. The van der Waals surface area contributed by atoms with E-state index in [1.54, 1.807) is 0 Å². The summed E-state index contributed by atoms with van der Waals surface area (Å²) in [7, 11) is -5.81. The molecule has 0 amide bonds. The first-order valence-corrected chi connectivity index (χ1v) is 25.2. The minimum absolute atomic E-state index is 0. The summed E-state index contributed by atoms with van der Waals surface area (Å²) in [6, 6.07) is 4.20. The number of ether oxygens (including phenoxy) is 2. The Morgan fingerprint density at radius 2 is 1.12 bits per heavy atom. The fraction of sp³-hybridized carbons (Fsp3) is 1.00. The highest BCUT2D eigenvalue weighted by atomic mass is 28.5. The van der Waals surface area contributed by atoms with Gasteiger partial charge in [0.2, 0.25) is 0 Å². The molecular formula is C29H64O7Si4. The molecular weight excluding hydrogens is 573 g/mol. The van der Waals surface area contributed by atoms with Gasteiger partial charge in [0, 0.05) is 14.2 Å². The second kappa shape index (κ2) is 14.6. The maximum atomic E-state index is 7.14. The summed E-state index contributed by atoms with van der Waals surface area (Å²) in [5.74, 6) is 1.49. The van der Waals surface area contributed by atoms with Crippen LogP contribution in [-0.2, 0) is 30.7 Å². The average Bonchev–Trinajstić information content (AvgIpc) is 3.77. The van der Waals surface area contributed by atoms with Crippen LogP contribution in [0, 0.1) is 11.8 Å². The number of rotatable bonds is 14. The summed E-state index contributed by atoms with van der Waals surface area (Å²) >= 11 is 0. The summed E-state index contributed by atoms with van der Waals surface area (Å²) < 4.78 is 45.0. The van der Waals surface area contributed by atoms with Gasteiger partial charge in [0.15, 0.2) is 0 Å². The van der Waals surface area contributed by atoms with Crippen molar-refractivity contribution in [3.63, 3.8) is 0 Å². The van der Waals surface area contributed by atoms with Crippen LogP contribution in [0.15, 0.2) is 0 Å². The molecule has 0 bridgehead atoms. The van der Waals surface area contributed by atoms with Gasteiger partial charge in [-0.05, 0) is 114 Å². The zero-order valence-corrected chi connectivity index (χ0v) is 28.2. The van der Waals surface area contributed by atoms with Crippen LogP contribution in [-0.4, -0.2) is 72.9 Å². The van der Waals surface area contributed by atoms with Crippen LogP contribution in [0.2, 0.25) is 50.4 Å². The van der Waals surface area contributed by atoms with Gasteiger partial charge in [-0.25, -0.2) is 0 Å². The Morgan fingerprint density at radius 1 is 0.650 bits per heavy atom. The molecule has 5 fully saturated rings. The van der Waals surface area contributed by atoms with Gasteiger partial charge >= 0.3 is 34.2 Å². The first-order chi connectivity index (χ1) is 17.5. The van der Waals surface area contributed by atoms with Crippen LogP contribution in [0.4, 0.5) is 0 Å². The molecule has 0 aromatic rings. The summed E-state index contributed by atoms with van der Waals surface area (Å²) in [6.45, 7) is 8.94. The van der Waals surface area contributed by atoms with E-state index in [9.17, 15) is 0 Å². The number of fused-ring (bicyclic) bond motifs is 2. The van der Waals surface area contributed by atoms with Crippen molar-refractivity contribution >= 4 is 34.2 Å². The molecule has 2 aliphatic carbocycles. The lowest BCUT2D eigenvalue weighted by atomic mass is 9.88. The molecule has 8 atom stereocenters. The fourth-order valence-electron chi connectivity index (χ4n) is 7.34. The van der Waals surface area contributed by atoms with E-state index in [0.29, 0.717) is 24.4 Å². The Balaban J connectivity index is 0.00000187. The zero-order valence-electron chi connectivity index (χ0n) is 24.2. The van der Waals surface area contributed by atoms with Crippen molar-refractivity contribution in [3.8, 4) is 0 Å². The maximum Gasteiger partial charge on any atom is 0.325 e. The van der Waals surface area contributed by atoms with Crippen LogP contribution >= 0.6 is 0 Å². The standard InChI is InChI=1S/C26H52O7Si4.3CH4/c1-27-35(5,17-13-21-9-11-23-25(19-21)29-23)31-34(3,4)32-37(15-7-8-16-37)33-36(6,28-2)18-14-22-10-12-24-26(20-22)30-24;;;/h21-26H,7-20H2,1-6H3;3*1H4. The molecule has 0 aromatic carbocycles. The third-order valence-corrected chi connectivity index (χ3v) is 26.5. The molecule has 2 saturated carbocycles. The van der Waals surface area contributed by atoms with E-state index in [0.717, 1.165) is 36.0 Å². The van der Waals surface area contributed by atoms with Crippen LogP contribution in [0.5, 0.6) is 0 Å². The number of hydrogen-bond acceptors (Lipinski definition) is 7. The quantitative estimate of drug-likeness (QED) is 0.140. The third-order valence-electron chi connectivity index (χ3n) is 9.76. The van der Waals surface area contributed by atoms with Crippen LogP contribution in [0.1, 0.15) is 86.5 Å². The fourth-order valence-corrected chi connectivity index (χ4v) is 26.5. The van der Waals surface area contributed by atoms with Gasteiger partial charge in [-0.1, -0.05) is 35.1 Å². The van der Waals surface area contributed by atoms with Gasteiger partial charge < -0.3 is 30.7 Å². The number of hydrogen-bond donors (Lipinski definition) is 0. The molecule has 3 heterocycles. The summed E-state index contributed by atoms with van der Waals surface area (Å²) in [5.41, 5.74) is 0. The Bertz CT molecular complexity index is 785. The van der Waals surface area contributed by atoms with Gasteiger partial charge in [0.05, 0.1) is 24.4 Å². The second-order valence-electron chi connectivity index (χ2n) is 13.4. The molecule has 3 saturated heterocycles. The van der Waals surface area contributed by atoms with E-state index in [1.165, 1.54) is 64.2 Å². The van der Waals surface area contributed by atoms with E-state index in [-0.39, 0.29) is 22.3 Å². The predicted octanol–water partition coefficient (Wildman–Crippen LogP) is 8.23. The molecule has 5 rings (SSSR count). The monoisotopic (exact) mass is 636 g/mol. The topological polar surface area (TPSA) is 71.2 Å². The lowest BCUT2D eigenvalue weighted by Crippen LogP contribution is -2.59. The lowest BCUT2D eigenvalue weighted by Gasteiger charge is -2.43. The highest BCUT2D eigenvalue weighted by Crippen LogP contribution is 2.44. The van der Waals surface area contributed by atoms with Gasteiger partial charge in [0.1, 0.15) is 0 Å². The van der Waals surface area contributed by atoms with E-state index < -0.39 is 34.2 Å². The Hall–Kier alpha value is 0.588. The highest BCUT2D eigenvalue weighted by molar-refractivity contribution is 6.89. The molecule has 40 heavy (non-hydrogen) atoms. The smallest absolute Gasteiger partial charge is 0.325 e. The van der Waals surface area contributed by atoms with E-state index >= 15 is 0 Å². The summed E-state index contributed by atoms with van der Waals surface area (Å²) in [4.78, 5) is 0. The largest absolute Gasteiger partial charge is 0.416 e. The average molecular weight is 637 g/mol. The first-order valence-electron chi connectivity index (χ1n) is 15.1. The van der Waals surface area contributed by atoms with E-state index in [4.69, 9.17) is 30.7 Å². The van der Waals surface area contributed by atoms with Crippen molar-refractivity contribution in [2.75, 3.05) is 14.2 Å². The molecule has 7 nitrogen and oxygen atoms in total. The van der Waals surface area contributed by atoms with Crippen molar-refractivity contribution in [3.05, 3.63) is 0 Å². The van der Waals surface area contributed by atoms with E-state index in [2.05, 4.69) is 26.2 Å². The molecule has 8 unspecified atom stereocenters. The molecule has 11 heteroatoms. The highest BCUT2D eigenvalue weighted by Gasteiger charge is 2.53. The molecule has 0 N–H and O–H groups in total. The van der Waals surface area contributed by atoms with Crippen LogP contribution in [0.25, 0.3) is 0 Å². The van der Waals surface area contributed by atoms with Gasteiger partial charge in [0.25, 0.3) is 0 Å². The molecule has 5 aliphatic rings. The van der Waals surface area contributed by atoms with Gasteiger partial charge in [-0.2, -0.15) is 0 Å². The minimum Gasteiger partial charge on any atom is -0.416 e. The third kappa shape index (κ3) is 9.54. The summed E-state index contributed by atoms with van der Waals surface area (Å²) in [6.07, 6.45) is 14.4. The van der Waals surface area contributed by atoms with Gasteiger partial charge in [-0.15, -0.1) is 0 Å².